The van der Waals surface area contributed by atoms with E-state index in [4.69, 9.17) is 31.8 Å². The van der Waals surface area contributed by atoms with Crippen LogP contribution >= 0.6 is 11.6 Å². The zero-order chi connectivity index (χ0) is 25.4. The Hall–Kier alpha value is -1.97. The van der Waals surface area contributed by atoms with Gasteiger partial charge in [-0.15, -0.1) is 0 Å². The van der Waals surface area contributed by atoms with Crippen molar-refractivity contribution in [3.63, 3.8) is 0 Å². The summed E-state index contributed by atoms with van der Waals surface area (Å²) in [6.07, 6.45) is 8.07. The van der Waals surface area contributed by atoms with E-state index in [0.717, 1.165) is 61.7 Å². The van der Waals surface area contributed by atoms with Gasteiger partial charge >= 0.3 is 0 Å². The maximum Gasteiger partial charge on any atom is 0.126 e. The minimum Gasteiger partial charge on any atom is -0.383 e. The summed E-state index contributed by atoms with van der Waals surface area (Å²) < 4.78 is 10.7. The van der Waals surface area contributed by atoms with E-state index in [-0.39, 0.29) is 5.54 Å². The van der Waals surface area contributed by atoms with Gasteiger partial charge in [0.1, 0.15) is 11.6 Å². The van der Waals surface area contributed by atoms with Gasteiger partial charge in [-0.3, -0.25) is 0 Å². The highest BCUT2D eigenvalue weighted by atomic mass is 35.5. The Morgan fingerprint density at radius 3 is 2.72 bits per heavy atom. The second-order valence-corrected chi connectivity index (χ2v) is 10.8. The zero-order valence-corrected chi connectivity index (χ0v) is 22.3. The minimum absolute atomic E-state index is 0.265. The van der Waals surface area contributed by atoms with Gasteiger partial charge < -0.3 is 31.2 Å². The second-order valence-electron chi connectivity index (χ2n) is 10.4. The van der Waals surface area contributed by atoms with Crippen LogP contribution < -0.4 is 21.7 Å². The van der Waals surface area contributed by atoms with Crippen LogP contribution in [-0.4, -0.2) is 67.6 Å². The third kappa shape index (κ3) is 7.76. The summed E-state index contributed by atoms with van der Waals surface area (Å²) in [7, 11) is 1.75. The number of hydrogen-bond donors (Lipinski definition) is 4. The van der Waals surface area contributed by atoms with Crippen molar-refractivity contribution in [2.75, 3.05) is 50.7 Å². The van der Waals surface area contributed by atoms with Gasteiger partial charge in [0.05, 0.1) is 17.3 Å². The van der Waals surface area contributed by atoms with Crippen LogP contribution in [0.1, 0.15) is 45.4 Å². The third-order valence-corrected chi connectivity index (χ3v) is 7.66. The lowest BCUT2D eigenvalue weighted by Crippen LogP contribution is -2.50. The van der Waals surface area contributed by atoms with E-state index in [0.29, 0.717) is 42.8 Å². The molecule has 8 nitrogen and oxygen atoms in total. The number of nitrogens with one attached hydrogen (secondary N) is 3. The van der Waals surface area contributed by atoms with Gasteiger partial charge in [0.2, 0.25) is 0 Å². The summed E-state index contributed by atoms with van der Waals surface area (Å²) in [5, 5.41) is 11.2. The topological polar surface area (TPSA) is 106 Å². The summed E-state index contributed by atoms with van der Waals surface area (Å²) in [6, 6.07) is 8.75. The van der Waals surface area contributed by atoms with Crippen LogP contribution in [0.15, 0.2) is 30.5 Å². The van der Waals surface area contributed by atoms with Crippen molar-refractivity contribution in [2.24, 2.45) is 11.7 Å². The van der Waals surface area contributed by atoms with Crippen molar-refractivity contribution in [1.82, 2.24) is 15.3 Å². The average molecular weight is 517 g/mol. The quantitative estimate of drug-likeness (QED) is 0.350. The Balaban J connectivity index is 1.33. The molecule has 1 aliphatic carbocycles. The minimum atomic E-state index is -0.265. The number of anilines is 2. The molecule has 0 radical (unpaired) electrons. The molecule has 4 rings (SSSR count). The normalized spacial score (nSPS) is 22.7. The van der Waals surface area contributed by atoms with Crippen LogP contribution in [0.25, 0.3) is 11.3 Å². The lowest BCUT2D eigenvalue weighted by atomic mass is 9.86. The summed E-state index contributed by atoms with van der Waals surface area (Å²) in [5.41, 5.74) is 7.94. The first-order valence-electron chi connectivity index (χ1n) is 13.2. The van der Waals surface area contributed by atoms with Gasteiger partial charge in [-0.1, -0.05) is 17.7 Å². The number of halogens is 1. The molecule has 1 atom stereocenters. The predicted molar refractivity (Wildman–Crippen MR) is 147 cm³/mol. The fraction of sp³-hybridized carbons (Fsp3) is 0.630. The molecule has 1 aliphatic heterocycles. The van der Waals surface area contributed by atoms with Gasteiger partial charge in [-0.2, -0.15) is 0 Å². The fourth-order valence-corrected chi connectivity index (χ4v) is 5.22. The molecule has 0 amide bonds. The number of rotatable bonds is 11. The third-order valence-electron chi connectivity index (χ3n) is 7.36. The van der Waals surface area contributed by atoms with Crippen LogP contribution in [0, 0.1) is 5.92 Å². The highest BCUT2D eigenvalue weighted by molar-refractivity contribution is 6.33. The Morgan fingerprint density at radius 1 is 1.19 bits per heavy atom. The molecule has 1 saturated heterocycles. The van der Waals surface area contributed by atoms with E-state index in [9.17, 15) is 0 Å². The van der Waals surface area contributed by atoms with Crippen molar-refractivity contribution in [2.45, 2.75) is 63.1 Å². The van der Waals surface area contributed by atoms with Gasteiger partial charge in [-0.05, 0) is 76.1 Å². The van der Waals surface area contributed by atoms with E-state index < -0.39 is 0 Å². The van der Waals surface area contributed by atoms with E-state index in [1.54, 1.807) is 13.3 Å². The zero-order valence-electron chi connectivity index (χ0n) is 21.6. The van der Waals surface area contributed by atoms with Crippen molar-refractivity contribution in [3.8, 4) is 11.3 Å². The number of hydrogen-bond acceptors (Lipinski definition) is 8. The maximum atomic E-state index is 6.55. The Kier molecular flexibility index (Phi) is 9.79. The first kappa shape index (κ1) is 27.1. The highest BCUT2D eigenvalue weighted by Crippen LogP contribution is 2.31. The molecule has 0 aromatic carbocycles. The molecule has 198 valence electrons. The molecular weight excluding hydrogens is 476 g/mol. The average Bonchev–Trinajstić information content (AvgIpc) is 2.89. The molecule has 9 heteroatoms. The Morgan fingerprint density at radius 2 is 1.97 bits per heavy atom. The standard InChI is InChI=1S/C27H41ClN6O2/c1-19(17-35-2)30-15-20-6-8-21(9-7-20)33-26-14-22(23(28)16-31-26)24-4-3-5-25(34-24)32-18-27(29)10-12-36-13-11-27/h3-5,14,16,19-21,30H,6-13,15,17-18,29H2,1-2H3,(H,31,33)(H,32,34)/t19-,20?,21?/m1/s1. The second kappa shape index (κ2) is 13.0. The fourth-order valence-electron chi connectivity index (χ4n) is 5.02. The van der Waals surface area contributed by atoms with Gasteiger partial charge in [0.15, 0.2) is 0 Å². The van der Waals surface area contributed by atoms with E-state index >= 15 is 0 Å². The van der Waals surface area contributed by atoms with Crippen molar-refractivity contribution in [1.29, 1.82) is 0 Å². The SMILES string of the molecule is COC[C@@H](C)NCC1CCC(Nc2cc(-c3cccc(NCC4(N)CCOCC4)n3)c(Cl)cn2)CC1. The van der Waals surface area contributed by atoms with Crippen molar-refractivity contribution in [3.05, 3.63) is 35.5 Å². The molecule has 2 fully saturated rings. The van der Waals surface area contributed by atoms with E-state index in [1.807, 2.05) is 24.3 Å². The first-order valence-corrected chi connectivity index (χ1v) is 13.5. The molecule has 0 spiro atoms. The molecule has 3 heterocycles. The van der Waals surface area contributed by atoms with Gasteiger partial charge in [-0.25, -0.2) is 9.97 Å². The number of methoxy groups -OCH3 is 1. The molecule has 0 bridgehead atoms. The number of nitrogens with zero attached hydrogens (tertiary/aromatic N) is 2. The van der Waals surface area contributed by atoms with Crippen LogP contribution in [0.4, 0.5) is 11.6 Å². The van der Waals surface area contributed by atoms with Crippen molar-refractivity contribution >= 4 is 23.2 Å². The summed E-state index contributed by atoms with van der Waals surface area (Å²) in [4.78, 5) is 9.36. The lowest BCUT2D eigenvalue weighted by molar-refractivity contribution is 0.0574. The molecule has 1 saturated carbocycles. The Labute approximate surface area is 220 Å². The van der Waals surface area contributed by atoms with Gasteiger partial charge in [0, 0.05) is 56.3 Å². The molecule has 5 N–H and O–H groups in total. The molecule has 36 heavy (non-hydrogen) atoms. The molecular formula is C27H41ClN6O2. The summed E-state index contributed by atoms with van der Waals surface area (Å²) >= 11 is 6.55. The Bertz CT molecular complexity index is 963. The van der Waals surface area contributed by atoms with Crippen LogP contribution in [-0.2, 0) is 9.47 Å². The number of pyridine rings is 2. The molecule has 2 aliphatic rings. The number of nitrogens with two attached hydrogens (primary N) is 1. The number of ether oxygens (including phenoxy) is 2. The number of aromatic nitrogens is 2. The highest BCUT2D eigenvalue weighted by Gasteiger charge is 2.28. The molecule has 2 aromatic rings. The summed E-state index contributed by atoms with van der Waals surface area (Å²) in [6.45, 7) is 6.05. The predicted octanol–water partition coefficient (Wildman–Crippen LogP) is 4.31. The first-order chi connectivity index (χ1) is 17.4. The van der Waals surface area contributed by atoms with Crippen LogP contribution in [0.3, 0.4) is 0 Å². The molecule has 2 aromatic heterocycles. The lowest BCUT2D eigenvalue weighted by Gasteiger charge is -2.33. The van der Waals surface area contributed by atoms with Crippen molar-refractivity contribution < 1.29 is 9.47 Å². The maximum absolute atomic E-state index is 6.55. The van der Waals surface area contributed by atoms with Crippen LogP contribution in [0.2, 0.25) is 5.02 Å². The monoisotopic (exact) mass is 516 g/mol. The largest absolute Gasteiger partial charge is 0.383 e. The smallest absolute Gasteiger partial charge is 0.126 e. The van der Waals surface area contributed by atoms with Gasteiger partial charge in [0.25, 0.3) is 0 Å². The molecule has 0 unspecified atom stereocenters. The van der Waals surface area contributed by atoms with E-state index in [1.165, 1.54) is 12.8 Å². The van der Waals surface area contributed by atoms with E-state index in [2.05, 4.69) is 27.9 Å². The summed E-state index contributed by atoms with van der Waals surface area (Å²) in [5.74, 6) is 2.34. The van der Waals surface area contributed by atoms with Crippen LogP contribution in [0.5, 0.6) is 0 Å².